The molecular weight excluding hydrogens is 461 g/mol. The number of nitrogens with zero attached hydrogens (tertiary/aromatic N) is 2. The van der Waals surface area contributed by atoms with Crippen molar-refractivity contribution in [3.8, 4) is 0 Å². The predicted octanol–water partition coefficient (Wildman–Crippen LogP) is 3.31. The van der Waals surface area contributed by atoms with E-state index in [9.17, 15) is 18.0 Å². The molecule has 0 bridgehead atoms. The molecule has 0 aromatic heterocycles. The average Bonchev–Trinajstić information content (AvgIpc) is 2.70. The zero-order valence-electron chi connectivity index (χ0n) is 17.5. The highest BCUT2D eigenvalue weighted by Crippen LogP contribution is 2.22. The smallest absolute Gasteiger partial charge is 0.244 e. The summed E-state index contributed by atoms with van der Waals surface area (Å²) >= 11 is 11.9. The molecule has 0 heterocycles. The summed E-state index contributed by atoms with van der Waals surface area (Å²) in [7, 11) is -3.79. The van der Waals surface area contributed by atoms with Gasteiger partial charge in [0, 0.05) is 23.1 Å². The fraction of sp³-hybridized carbons (Fsp3) is 0.333. The van der Waals surface area contributed by atoms with Crippen LogP contribution in [0.25, 0.3) is 0 Å². The van der Waals surface area contributed by atoms with Crippen LogP contribution in [0.1, 0.15) is 19.4 Å². The van der Waals surface area contributed by atoms with Crippen molar-refractivity contribution in [1.82, 2.24) is 10.2 Å². The molecule has 168 valence electrons. The number of likely N-dealkylation sites (N-methyl/N-ethyl adjacent to an activating group) is 1. The maximum absolute atomic E-state index is 13.3. The van der Waals surface area contributed by atoms with Crippen LogP contribution in [0.4, 0.5) is 5.69 Å². The molecule has 0 aliphatic carbocycles. The minimum absolute atomic E-state index is 0.113. The number of nitrogens with one attached hydrogen (secondary N) is 1. The summed E-state index contributed by atoms with van der Waals surface area (Å²) in [6.07, 6.45) is 1.01. The lowest BCUT2D eigenvalue weighted by molar-refractivity contribution is -0.139. The molecule has 1 atom stereocenters. The Morgan fingerprint density at radius 1 is 1.06 bits per heavy atom. The molecule has 7 nitrogen and oxygen atoms in total. The fourth-order valence-electron chi connectivity index (χ4n) is 2.94. The highest BCUT2D eigenvalue weighted by molar-refractivity contribution is 7.92. The van der Waals surface area contributed by atoms with Gasteiger partial charge in [-0.3, -0.25) is 13.9 Å². The summed E-state index contributed by atoms with van der Waals surface area (Å²) < 4.78 is 25.8. The second-order valence-electron chi connectivity index (χ2n) is 6.97. The molecule has 0 saturated heterocycles. The van der Waals surface area contributed by atoms with Crippen LogP contribution < -0.4 is 9.62 Å². The third kappa shape index (κ3) is 7.12. The number of carbonyl (C=O) groups is 2. The zero-order chi connectivity index (χ0) is 23.2. The second-order valence-corrected chi connectivity index (χ2v) is 9.75. The van der Waals surface area contributed by atoms with E-state index < -0.39 is 28.5 Å². The molecule has 2 rings (SSSR count). The van der Waals surface area contributed by atoms with E-state index in [0.29, 0.717) is 16.6 Å². The van der Waals surface area contributed by atoms with Gasteiger partial charge in [0.05, 0.1) is 11.9 Å². The van der Waals surface area contributed by atoms with Crippen LogP contribution in [-0.4, -0.2) is 50.5 Å². The molecule has 31 heavy (non-hydrogen) atoms. The van der Waals surface area contributed by atoms with Gasteiger partial charge in [0.25, 0.3) is 0 Å². The minimum Gasteiger partial charge on any atom is -0.355 e. The van der Waals surface area contributed by atoms with E-state index in [-0.39, 0.29) is 18.1 Å². The summed E-state index contributed by atoms with van der Waals surface area (Å²) in [5.74, 6) is -0.863. The number of amides is 2. The molecule has 0 aliphatic heterocycles. The maximum atomic E-state index is 13.3. The van der Waals surface area contributed by atoms with Gasteiger partial charge in [-0.05, 0) is 49.7 Å². The third-order valence-corrected chi connectivity index (χ3v) is 6.19. The van der Waals surface area contributed by atoms with Gasteiger partial charge in [-0.15, -0.1) is 0 Å². The normalized spacial score (nSPS) is 12.2. The monoisotopic (exact) mass is 485 g/mol. The minimum atomic E-state index is -3.79. The summed E-state index contributed by atoms with van der Waals surface area (Å²) in [4.78, 5) is 27.1. The van der Waals surface area contributed by atoms with Crippen molar-refractivity contribution in [3.05, 3.63) is 64.1 Å². The van der Waals surface area contributed by atoms with Crippen molar-refractivity contribution in [2.24, 2.45) is 0 Å². The van der Waals surface area contributed by atoms with Crippen LogP contribution in [0.15, 0.2) is 48.5 Å². The second kappa shape index (κ2) is 10.8. The first-order valence-electron chi connectivity index (χ1n) is 9.57. The number of hydrogen-bond acceptors (Lipinski definition) is 4. The van der Waals surface area contributed by atoms with E-state index >= 15 is 0 Å². The van der Waals surface area contributed by atoms with E-state index in [1.54, 1.807) is 56.3 Å². The van der Waals surface area contributed by atoms with Crippen molar-refractivity contribution in [1.29, 1.82) is 0 Å². The van der Waals surface area contributed by atoms with Crippen LogP contribution in [0.5, 0.6) is 0 Å². The zero-order valence-corrected chi connectivity index (χ0v) is 19.8. The fourth-order valence-corrected chi connectivity index (χ4v) is 4.09. The van der Waals surface area contributed by atoms with Crippen molar-refractivity contribution in [2.45, 2.75) is 26.4 Å². The third-order valence-electron chi connectivity index (χ3n) is 4.56. The number of anilines is 1. The Balaban J connectivity index is 2.37. The predicted molar refractivity (Wildman–Crippen MR) is 124 cm³/mol. The molecule has 0 fully saturated rings. The Hall–Kier alpha value is -2.29. The van der Waals surface area contributed by atoms with Gasteiger partial charge in [0.15, 0.2) is 0 Å². The Bertz CT molecular complexity index is 1030. The Kier molecular flexibility index (Phi) is 8.73. The lowest BCUT2D eigenvalue weighted by Gasteiger charge is -2.31. The Morgan fingerprint density at radius 3 is 2.26 bits per heavy atom. The van der Waals surface area contributed by atoms with Gasteiger partial charge in [0.2, 0.25) is 21.8 Å². The first-order valence-corrected chi connectivity index (χ1v) is 12.2. The van der Waals surface area contributed by atoms with E-state index in [2.05, 4.69) is 5.32 Å². The number of carbonyl (C=O) groups excluding carboxylic acids is 2. The number of sulfonamides is 1. The molecule has 2 aromatic rings. The molecule has 1 N–H and O–H groups in total. The number of rotatable bonds is 9. The van der Waals surface area contributed by atoms with Gasteiger partial charge in [-0.2, -0.15) is 0 Å². The average molecular weight is 486 g/mol. The summed E-state index contributed by atoms with van der Waals surface area (Å²) in [5, 5.41) is 3.58. The molecule has 0 spiro atoms. The van der Waals surface area contributed by atoms with Gasteiger partial charge in [-0.25, -0.2) is 8.42 Å². The van der Waals surface area contributed by atoms with Gasteiger partial charge < -0.3 is 10.2 Å². The maximum Gasteiger partial charge on any atom is 0.244 e. The van der Waals surface area contributed by atoms with Crippen molar-refractivity contribution < 1.29 is 18.0 Å². The van der Waals surface area contributed by atoms with E-state index in [0.717, 1.165) is 16.1 Å². The molecule has 10 heteroatoms. The van der Waals surface area contributed by atoms with E-state index in [4.69, 9.17) is 23.2 Å². The molecule has 0 unspecified atom stereocenters. The lowest BCUT2D eigenvalue weighted by atomic mass is 10.1. The van der Waals surface area contributed by atoms with Crippen LogP contribution in [0.3, 0.4) is 0 Å². The SMILES string of the molecule is CCNC(=O)[C@H](C)N(Cc1ccc(Cl)cc1)C(=O)CN(c1cccc(Cl)c1)S(C)(=O)=O. The molecule has 0 aliphatic rings. The van der Waals surface area contributed by atoms with Crippen molar-refractivity contribution in [3.63, 3.8) is 0 Å². The van der Waals surface area contributed by atoms with Crippen LogP contribution in [-0.2, 0) is 26.2 Å². The van der Waals surface area contributed by atoms with E-state index in [1.165, 1.54) is 11.0 Å². The van der Waals surface area contributed by atoms with Crippen molar-refractivity contribution >= 4 is 50.7 Å². The standard InChI is InChI=1S/C21H25Cl2N3O4S/c1-4-24-21(28)15(2)25(13-16-8-10-17(22)11-9-16)20(27)14-26(31(3,29)30)19-7-5-6-18(23)12-19/h5-12,15H,4,13-14H2,1-3H3,(H,24,28)/t15-/m0/s1. The lowest BCUT2D eigenvalue weighted by Crippen LogP contribution is -2.51. The molecule has 0 saturated carbocycles. The molecule has 0 radical (unpaired) electrons. The highest BCUT2D eigenvalue weighted by atomic mass is 35.5. The van der Waals surface area contributed by atoms with E-state index in [1.807, 2.05) is 0 Å². The van der Waals surface area contributed by atoms with Gasteiger partial charge in [-0.1, -0.05) is 41.4 Å². The summed E-state index contributed by atoms with van der Waals surface area (Å²) in [6.45, 7) is 3.42. The van der Waals surface area contributed by atoms with Crippen LogP contribution >= 0.6 is 23.2 Å². The summed E-state index contributed by atoms with van der Waals surface area (Å²) in [5.41, 5.74) is 1.02. The molecular formula is C21H25Cl2N3O4S. The van der Waals surface area contributed by atoms with Crippen molar-refractivity contribution in [2.75, 3.05) is 23.7 Å². The van der Waals surface area contributed by atoms with Crippen LogP contribution in [0, 0.1) is 0 Å². The molecule has 2 aromatic carbocycles. The number of halogens is 2. The topological polar surface area (TPSA) is 86.8 Å². The quantitative estimate of drug-likeness (QED) is 0.589. The number of hydrogen-bond donors (Lipinski definition) is 1. The first kappa shape index (κ1) is 25.0. The summed E-state index contributed by atoms with van der Waals surface area (Å²) in [6, 6.07) is 12.3. The first-order chi connectivity index (χ1) is 14.5. The highest BCUT2D eigenvalue weighted by Gasteiger charge is 2.29. The van der Waals surface area contributed by atoms with Gasteiger partial charge >= 0.3 is 0 Å². The largest absolute Gasteiger partial charge is 0.355 e. The number of benzene rings is 2. The van der Waals surface area contributed by atoms with Gasteiger partial charge in [0.1, 0.15) is 12.6 Å². The Morgan fingerprint density at radius 2 is 1.71 bits per heavy atom. The van der Waals surface area contributed by atoms with Crippen LogP contribution in [0.2, 0.25) is 10.0 Å². The molecule has 2 amide bonds. The Labute approximate surface area is 193 Å².